The van der Waals surface area contributed by atoms with Crippen molar-refractivity contribution in [3.63, 3.8) is 0 Å². The molecular formula is C9H9IO. The number of alkyl halides is 1. The van der Waals surface area contributed by atoms with Crippen molar-refractivity contribution in [2.24, 2.45) is 0 Å². The first-order chi connectivity index (χ1) is 5.22. The molecule has 0 amide bonds. The number of Topliss-reactive ketones (excluding diaryl/α,β-unsaturated/α-hetero) is 1. The van der Waals surface area contributed by atoms with Crippen molar-refractivity contribution in [3.8, 4) is 0 Å². The van der Waals surface area contributed by atoms with Crippen LogP contribution in [0.2, 0.25) is 0 Å². The van der Waals surface area contributed by atoms with Gasteiger partial charge in [-0.05, 0) is 6.92 Å². The fourth-order valence-corrected chi connectivity index (χ4v) is 1.19. The molecule has 1 rings (SSSR count). The van der Waals surface area contributed by atoms with E-state index < -0.39 is 0 Å². The summed E-state index contributed by atoms with van der Waals surface area (Å²) in [4.78, 5) is 11.3. The van der Waals surface area contributed by atoms with Gasteiger partial charge >= 0.3 is 0 Å². The van der Waals surface area contributed by atoms with E-state index >= 15 is 0 Å². The van der Waals surface area contributed by atoms with Crippen LogP contribution in [0.1, 0.15) is 17.3 Å². The molecule has 0 saturated carbocycles. The van der Waals surface area contributed by atoms with Gasteiger partial charge in [-0.2, -0.15) is 0 Å². The smallest absolute Gasteiger partial charge is 0.175 e. The van der Waals surface area contributed by atoms with E-state index in [1.807, 2.05) is 37.3 Å². The van der Waals surface area contributed by atoms with Crippen molar-refractivity contribution >= 4 is 28.4 Å². The largest absolute Gasteiger partial charge is 0.293 e. The maximum Gasteiger partial charge on any atom is 0.175 e. The van der Waals surface area contributed by atoms with Crippen LogP contribution in [-0.4, -0.2) is 9.71 Å². The molecular weight excluding hydrogens is 251 g/mol. The molecule has 0 radical (unpaired) electrons. The summed E-state index contributed by atoms with van der Waals surface area (Å²) in [5.74, 6) is 0.200. The monoisotopic (exact) mass is 260 g/mol. The maximum atomic E-state index is 11.3. The molecule has 0 bridgehead atoms. The molecule has 1 aromatic rings. The highest BCUT2D eigenvalue weighted by atomic mass is 127. The van der Waals surface area contributed by atoms with Crippen molar-refractivity contribution in [2.75, 3.05) is 0 Å². The normalized spacial score (nSPS) is 12.5. The lowest BCUT2D eigenvalue weighted by molar-refractivity contribution is 0.0998. The fraction of sp³-hybridized carbons (Fsp3) is 0.222. The van der Waals surface area contributed by atoms with Gasteiger partial charge in [-0.15, -0.1) is 0 Å². The van der Waals surface area contributed by atoms with Crippen LogP contribution in [0.4, 0.5) is 0 Å². The molecule has 0 aliphatic carbocycles. The Morgan fingerprint density at radius 1 is 1.36 bits per heavy atom. The lowest BCUT2D eigenvalue weighted by Gasteiger charge is -2.00. The first kappa shape index (κ1) is 8.71. The van der Waals surface area contributed by atoms with E-state index in [0.29, 0.717) is 0 Å². The molecule has 1 nitrogen and oxygen atoms in total. The molecule has 58 valence electrons. The van der Waals surface area contributed by atoms with Crippen molar-refractivity contribution < 1.29 is 4.79 Å². The summed E-state index contributed by atoms with van der Waals surface area (Å²) >= 11 is 2.12. The van der Waals surface area contributed by atoms with Crippen LogP contribution in [0.25, 0.3) is 0 Å². The molecule has 0 aliphatic heterocycles. The van der Waals surface area contributed by atoms with Gasteiger partial charge in [-0.3, -0.25) is 4.79 Å². The van der Waals surface area contributed by atoms with Gasteiger partial charge in [0.15, 0.2) is 5.78 Å². The van der Waals surface area contributed by atoms with Gasteiger partial charge in [0, 0.05) is 5.56 Å². The molecule has 0 unspecified atom stereocenters. The maximum absolute atomic E-state index is 11.3. The molecule has 1 atom stereocenters. The molecule has 2 heteroatoms. The third-order valence-corrected chi connectivity index (χ3v) is 1.99. The summed E-state index contributed by atoms with van der Waals surface area (Å²) < 4.78 is 0.0648. The van der Waals surface area contributed by atoms with Crippen LogP contribution in [0.15, 0.2) is 30.3 Å². The molecule has 0 aromatic heterocycles. The third kappa shape index (κ3) is 2.29. The third-order valence-electron chi connectivity index (χ3n) is 1.42. The highest BCUT2D eigenvalue weighted by Crippen LogP contribution is 2.09. The Balaban J connectivity index is 2.86. The van der Waals surface area contributed by atoms with Gasteiger partial charge in [0.25, 0.3) is 0 Å². The molecule has 1 aromatic carbocycles. The van der Waals surface area contributed by atoms with E-state index in [-0.39, 0.29) is 9.71 Å². The Bertz CT molecular complexity index is 241. The minimum absolute atomic E-state index is 0.0648. The second-order valence-electron chi connectivity index (χ2n) is 2.35. The summed E-state index contributed by atoms with van der Waals surface area (Å²) in [7, 11) is 0. The Morgan fingerprint density at radius 2 is 1.91 bits per heavy atom. The summed E-state index contributed by atoms with van der Waals surface area (Å²) in [6.45, 7) is 1.90. The second kappa shape index (κ2) is 3.85. The average Bonchev–Trinajstić information content (AvgIpc) is 2.05. The van der Waals surface area contributed by atoms with Gasteiger partial charge in [-0.25, -0.2) is 0 Å². The molecule has 0 spiro atoms. The number of hydrogen-bond acceptors (Lipinski definition) is 1. The van der Waals surface area contributed by atoms with Crippen LogP contribution >= 0.6 is 22.6 Å². The Kier molecular flexibility index (Phi) is 3.05. The molecule has 0 fully saturated rings. The van der Waals surface area contributed by atoms with Crippen LogP contribution < -0.4 is 0 Å². The van der Waals surface area contributed by atoms with E-state index in [4.69, 9.17) is 0 Å². The van der Waals surface area contributed by atoms with Gasteiger partial charge in [-0.1, -0.05) is 52.9 Å². The molecule has 0 saturated heterocycles. The van der Waals surface area contributed by atoms with E-state index in [1.165, 1.54) is 0 Å². The summed E-state index contributed by atoms with van der Waals surface area (Å²) in [6.07, 6.45) is 0. The van der Waals surface area contributed by atoms with Crippen molar-refractivity contribution in [1.29, 1.82) is 0 Å². The minimum Gasteiger partial charge on any atom is -0.293 e. The number of halogens is 1. The Hall–Kier alpha value is -0.380. The lowest BCUT2D eigenvalue weighted by Crippen LogP contribution is -2.08. The highest BCUT2D eigenvalue weighted by Gasteiger charge is 2.09. The van der Waals surface area contributed by atoms with Gasteiger partial charge < -0.3 is 0 Å². The highest BCUT2D eigenvalue weighted by molar-refractivity contribution is 14.1. The number of benzene rings is 1. The zero-order valence-electron chi connectivity index (χ0n) is 6.25. The predicted octanol–water partition coefficient (Wildman–Crippen LogP) is 2.69. The van der Waals surface area contributed by atoms with E-state index in [1.54, 1.807) is 0 Å². The van der Waals surface area contributed by atoms with Crippen molar-refractivity contribution in [1.82, 2.24) is 0 Å². The van der Waals surface area contributed by atoms with E-state index in [9.17, 15) is 4.79 Å². The standard InChI is InChI=1S/C9H9IO/c1-7(10)9(11)8-5-3-2-4-6-8/h2-7H,1H3/t7-/m1/s1. The first-order valence-electron chi connectivity index (χ1n) is 3.45. The zero-order chi connectivity index (χ0) is 8.27. The number of carbonyl (C=O) groups is 1. The minimum atomic E-state index is 0.0648. The van der Waals surface area contributed by atoms with Crippen LogP contribution in [0.3, 0.4) is 0 Å². The molecule has 0 heterocycles. The number of rotatable bonds is 2. The number of hydrogen-bond donors (Lipinski definition) is 0. The first-order valence-corrected chi connectivity index (χ1v) is 4.69. The van der Waals surface area contributed by atoms with Crippen LogP contribution in [0.5, 0.6) is 0 Å². The number of carbonyl (C=O) groups excluding carboxylic acids is 1. The fourth-order valence-electron chi connectivity index (χ4n) is 0.832. The molecule has 0 N–H and O–H groups in total. The van der Waals surface area contributed by atoms with Gasteiger partial charge in [0.1, 0.15) is 0 Å². The van der Waals surface area contributed by atoms with Crippen LogP contribution in [0, 0.1) is 0 Å². The lowest BCUT2D eigenvalue weighted by atomic mass is 10.1. The van der Waals surface area contributed by atoms with E-state index in [0.717, 1.165) is 5.56 Å². The zero-order valence-corrected chi connectivity index (χ0v) is 8.41. The summed E-state index contributed by atoms with van der Waals surface area (Å²) in [6, 6.07) is 9.36. The molecule has 0 aliphatic rings. The topological polar surface area (TPSA) is 17.1 Å². The Morgan fingerprint density at radius 3 is 2.36 bits per heavy atom. The van der Waals surface area contributed by atoms with E-state index in [2.05, 4.69) is 22.6 Å². The van der Waals surface area contributed by atoms with Gasteiger partial charge in [0.2, 0.25) is 0 Å². The average molecular weight is 260 g/mol. The molecule has 11 heavy (non-hydrogen) atoms. The predicted molar refractivity (Wildman–Crippen MR) is 54.3 cm³/mol. The number of ketones is 1. The van der Waals surface area contributed by atoms with Crippen molar-refractivity contribution in [3.05, 3.63) is 35.9 Å². The quantitative estimate of drug-likeness (QED) is 0.454. The summed E-state index contributed by atoms with van der Waals surface area (Å²) in [5.41, 5.74) is 0.800. The van der Waals surface area contributed by atoms with Gasteiger partial charge in [0.05, 0.1) is 3.92 Å². The Labute approximate surface area is 79.9 Å². The summed E-state index contributed by atoms with van der Waals surface area (Å²) in [5, 5.41) is 0. The second-order valence-corrected chi connectivity index (χ2v) is 4.21. The van der Waals surface area contributed by atoms with Crippen molar-refractivity contribution in [2.45, 2.75) is 10.8 Å². The SMILES string of the molecule is C[C@@H](I)C(=O)c1ccccc1. The van der Waals surface area contributed by atoms with Crippen LogP contribution in [-0.2, 0) is 0 Å².